The first-order valence-electron chi connectivity index (χ1n) is 24.8. The Hall–Kier alpha value is -4.16. The molecule has 2 saturated heterocycles. The Bertz CT molecular complexity index is 2360. The van der Waals surface area contributed by atoms with E-state index in [0.29, 0.717) is 19.8 Å². The van der Waals surface area contributed by atoms with Crippen molar-refractivity contribution in [1.29, 1.82) is 0 Å². The minimum atomic E-state index is -1.36. The summed E-state index contributed by atoms with van der Waals surface area (Å²) in [5.41, 5.74) is 5.84. The summed E-state index contributed by atoms with van der Waals surface area (Å²) in [5, 5.41) is 13.5. The van der Waals surface area contributed by atoms with Crippen molar-refractivity contribution in [3.8, 4) is 0 Å². The van der Waals surface area contributed by atoms with Gasteiger partial charge >= 0.3 is 0 Å². The van der Waals surface area contributed by atoms with E-state index in [1.807, 2.05) is 182 Å². The second-order valence-corrected chi connectivity index (χ2v) is 19.9. The highest BCUT2D eigenvalue weighted by Crippen LogP contribution is 2.36. The number of alkyl halides is 2. The molecule has 382 valence electrons. The molecule has 0 aliphatic carbocycles. The molecule has 0 amide bonds. The Morgan fingerprint density at radius 1 is 0.417 bits per heavy atom. The maximum absolute atomic E-state index is 12.7. The van der Waals surface area contributed by atoms with E-state index in [1.54, 1.807) is 0 Å². The number of aliphatic hydroxyl groups is 1. The molecule has 6 aromatic carbocycles. The molecule has 6 aromatic rings. The molecule has 72 heavy (non-hydrogen) atoms. The van der Waals surface area contributed by atoms with Crippen LogP contribution in [0.1, 0.15) is 46.2 Å². The molecular weight excluding hydrogens is 1040 g/mol. The molecule has 13 heteroatoms. The minimum Gasteiger partial charge on any atom is -0.385 e. The van der Waals surface area contributed by atoms with Crippen LogP contribution in [0.5, 0.6) is 0 Å². The van der Waals surface area contributed by atoms with E-state index in [4.69, 9.17) is 47.4 Å². The van der Waals surface area contributed by atoms with E-state index in [2.05, 4.69) is 31.9 Å². The second-order valence-electron chi connectivity index (χ2n) is 18.0. The summed E-state index contributed by atoms with van der Waals surface area (Å²) in [4.78, 5) is 0.258. The highest BCUT2D eigenvalue weighted by Gasteiger charge is 2.54. The van der Waals surface area contributed by atoms with Gasteiger partial charge in [0.15, 0.2) is 12.6 Å². The van der Waals surface area contributed by atoms with Gasteiger partial charge < -0.3 is 52.5 Å². The number of aliphatic hydroxyl groups excluding tert-OH is 1. The highest BCUT2D eigenvalue weighted by molar-refractivity contribution is 9.12. The smallest absolute Gasteiger partial charge is 0.187 e. The van der Waals surface area contributed by atoms with Crippen LogP contribution in [0.15, 0.2) is 182 Å². The number of hydrogen-bond donors (Lipinski definition) is 1. The lowest BCUT2D eigenvalue weighted by atomic mass is 9.96. The van der Waals surface area contributed by atoms with Gasteiger partial charge in [0.1, 0.15) is 48.8 Å². The Morgan fingerprint density at radius 2 is 0.764 bits per heavy atom. The minimum absolute atomic E-state index is 0.103. The van der Waals surface area contributed by atoms with Crippen molar-refractivity contribution in [2.75, 3.05) is 25.2 Å². The third-order valence-electron chi connectivity index (χ3n) is 12.5. The van der Waals surface area contributed by atoms with Crippen LogP contribution >= 0.6 is 31.9 Å². The molecule has 0 radical (unpaired) electrons. The quantitative estimate of drug-likeness (QED) is 0.0374. The van der Waals surface area contributed by atoms with Crippen LogP contribution in [-0.2, 0) is 87.0 Å². The SMILES string of the molecule is O[C@@H]1[C@@H](O[C@@H]2[C@@H](OCCCC(Br)CBr)O[C@H](COCc3ccccc3)[C@@H](OCc3ccccc3)[C@@H]2OCc2ccccc2)O[C@H](COCc2ccccc2)[C@@H](OCc2ccccc2)[C@@H]1OCc1ccccc1. The van der Waals surface area contributed by atoms with Gasteiger partial charge in [-0.2, -0.15) is 0 Å². The first kappa shape index (κ1) is 54.1. The van der Waals surface area contributed by atoms with Gasteiger partial charge in [-0.05, 0) is 46.2 Å². The maximum Gasteiger partial charge on any atom is 0.187 e. The van der Waals surface area contributed by atoms with Crippen molar-refractivity contribution in [3.63, 3.8) is 0 Å². The average Bonchev–Trinajstić information content (AvgIpc) is 3.43. The van der Waals surface area contributed by atoms with E-state index in [0.717, 1.165) is 51.6 Å². The first-order valence-corrected chi connectivity index (χ1v) is 26.9. The fourth-order valence-corrected chi connectivity index (χ4v) is 9.40. The summed E-state index contributed by atoms with van der Waals surface area (Å²) < 4.78 is 68.1. The fraction of sp³-hybridized carbons (Fsp3) is 0.390. The van der Waals surface area contributed by atoms with E-state index in [9.17, 15) is 5.11 Å². The van der Waals surface area contributed by atoms with E-state index >= 15 is 0 Å². The molecule has 2 heterocycles. The second kappa shape index (κ2) is 29.7. The third kappa shape index (κ3) is 16.7. The predicted molar refractivity (Wildman–Crippen MR) is 282 cm³/mol. The highest BCUT2D eigenvalue weighted by atomic mass is 79.9. The van der Waals surface area contributed by atoms with Crippen LogP contribution in [0, 0.1) is 0 Å². The van der Waals surface area contributed by atoms with Crippen LogP contribution < -0.4 is 0 Å². The van der Waals surface area contributed by atoms with Crippen molar-refractivity contribution >= 4 is 31.9 Å². The molecule has 1 unspecified atom stereocenters. The molecule has 0 aromatic heterocycles. The van der Waals surface area contributed by atoms with Crippen LogP contribution in [-0.4, -0.2) is 96.5 Å². The van der Waals surface area contributed by atoms with Crippen molar-refractivity contribution in [2.45, 2.75) is 119 Å². The number of ether oxygens (including phenoxy) is 10. The summed E-state index contributed by atoms with van der Waals surface area (Å²) >= 11 is 7.34. The van der Waals surface area contributed by atoms with Gasteiger partial charge in [0.05, 0.1) is 52.9 Å². The molecule has 2 aliphatic heterocycles. The lowest BCUT2D eigenvalue weighted by Crippen LogP contribution is -2.66. The lowest BCUT2D eigenvalue weighted by Gasteiger charge is -2.49. The molecule has 2 fully saturated rings. The standard InChI is InChI=1S/C59H66Br2O11/c60-34-49(61)32-19-33-65-59-57(56(69-40-48-30-17-6-18-31-48)54(67-38-46-26-13-4-14-27-46)51(71-59)42-64-36-44-22-9-2-10-23-44)72-58-52(62)55(68-39-47-28-15-5-16-29-47)53(66-37-45-24-11-3-12-25-45)50(70-58)41-63-35-43-20-7-1-8-21-43/h1-18,20-31,49-59,62H,19,32-42H2/t49?,50-,51-,52+,53-,54-,55-,56+,57+,58-,59+/m1/s1. The molecule has 11 atom stereocenters. The summed E-state index contributed by atoms with van der Waals surface area (Å²) in [6.07, 6.45) is -7.80. The van der Waals surface area contributed by atoms with Gasteiger partial charge in [0.25, 0.3) is 0 Å². The van der Waals surface area contributed by atoms with Crippen molar-refractivity contribution in [2.24, 2.45) is 0 Å². The Labute approximate surface area is 441 Å². The third-order valence-corrected chi connectivity index (χ3v) is 15.0. The summed E-state index contributed by atoms with van der Waals surface area (Å²) in [6.45, 7) is 2.22. The zero-order valence-electron chi connectivity index (χ0n) is 40.4. The van der Waals surface area contributed by atoms with Gasteiger partial charge in [-0.15, -0.1) is 0 Å². The predicted octanol–water partition coefficient (Wildman–Crippen LogP) is 10.9. The largest absolute Gasteiger partial charge is 0.385 e. The van der Waals surface area contributed by atoms with Crippen molar-refractivity contribution in [3.05, 3.63) is 215 Å². The monoisotopic (exact) mass is 1110 g/mol. The van der Waals surface area contributed by atoms with Crippen molar-refractivity contribution < 1.29 is 52.5 Å². The molecule has 0 saturated carbocycles. The number of rotatable bonds is 28. The van der Waals surface area contributed by atoms with E-state index in [1.165, 1.54) is 0 Å². The molecule has 0 bridgehead atoms. The van der Waals surface area contributed by atoms with Gasteiger partial charge in [0.2, 0.25) is 0 Å². The zero-order valence-corrected chi connectivity index (χ0v) is 43.6. The zero-order chi connectivity index (χ0) is 49.6. The number of benzene rings is 6. The molecule has 2 aliphatic rings. The summed E-state index contributed by atoms with van der Waals surface area (Å²) in [7, 11) is 0. The molecular formula is C59H66Br2O11. The van der Waals surface area contributed by atoms with Gasteiger partial charge in [-0.3, -0.25) is 0 Å². The topological polar surface area (TPSA) is 113 Å². The first-order chi connectivity index (χ1) is 35.5. The summed E-state index contributed by atoms with van der Waals surface area (Å²) in [5.74, 6) is 0. The van der Waals surface area contributed by atoms with Crippen LogP contribution in [0.3, 0.4) is 0 Å². The van der Waals surface area contributed by atoms with Crippen molar-refractivity contribution in [1.82, 2.24) is 0 Å². The number of halogens is 2. The average molecular weight is 1110 g/mol. The molecule has 0 spiro atoms. The lowest BCUT2D eigenvalue weighted by molar-refractivity contribution is -0.379. The van der Waals surface area contributed by atoms with Gasteiger partial charge in [-0.1, -0.05) is 214 Å². The Morgan fingerprint density at radius 3 is 1.17 bits per heavy atom. The van der Waals surface area contributed by atoms with Gasteiger partial charge in [-0.25, -0.2) is 0 Å². The maximum atomic E-state index is 12.7. The van der Waals surface area contributed by atoms with Crippen LogP contribution in [0.2, 0.25) is 0 Å². The van der Waals surface area contributed by atoms with E-state index < -0.39 is 61.4 Å². The summed E-state index contributed by atoms with van der Waals surface area (Å²) in [6, 6.07) is 59.7. The fourth-order valence-electron chi connectivity index (χ4n) is 8.75. The van der Waals surface area contributed by atoms with Gasteiger partial charge in [0, 0.05) is 16.8 Å². The van der Waals surface area contributed by atoms with E-state index in [-0.39, 0.29) is 44.5 Å². The number of hydrogen-bond acceptors (Lipinski definition) is 11. The van der Waals surface area contributed by atoms with Crippen LogP contribution in [0.25, 0.3) is 0 Å². The normalized spacial score (nSPS) is 24.7. The Balaban J connectivity index is 1.14. The molecule has 11 nitrogen and oxygen atoms in total. The molecule has 1 N–H and O–H groups in total. The Kier molecular flexibility index (Phi) is 22.3. The van der Waals surface area contributed by atoms with Crippen LogP contribution in [0.4, 0.5) is 0 Å². The molecule has 8 rings (SSSR count).